The van der Waals surface area contributed by atoms with E-state index in [0.29, 0.717) is 49.7 Å². The zero-order valence-electron chi connectivity index (χ0n) is 22.2. The molecule has 1 saturated heterocycles. The van der Waals surface area contributed by atoms with Gasteiger partial charge in [-0.15, -0.1) is 10.2 Å². The number of tetrazole rings is 1. The molecule has 0 spiro atoms. The zero-order chi connectivity index (χ0) is 28.0. The van der Waals surface area contributed by atoms with Gasteiger partial charge in [0.2, 0.25) is 5.91 Å². The Morgan fingerprint density at radius 3 is 2.64 bits per heavy atom. The van der Waals surface area contributed by atoms with Gasteiger partial charge < -0.3 is 9.64 Å². The SMILES string of the molecule is CCCOc1ccc(CN2CCN(C(=O)/C=C/c3ccc(C(F)(F)F)cc3Cn3nnc(C)n3)C(C)C2)nc1. The van der Waals surface area contributed by atoms with E-state index >= 15 is 0 Å². The number of ether oxygens (including phenoxy) is 1. The van der Waals surface area contributed by atoms with Gasteiger partial charge in [-0.25, -0.2) is 0 Å². The van der Waals surface area contributed by atoms with Crippen LogP contribution in [0.5, 0.6) is 5.75 Å². The molecule has 1 atom stereocenters. The Balaban J connectivity index is 1.39. The lowest BCUT2D eigenvalue weighted by Crippen LogP contribution is -2.53. The predicted molar refractivity (Wildman–Crippen MR) is 139 cm³/mol. The number of carbonyl (C=O) groups is 1. The highest BCUT2D eigenvalue weighted by molar-refractivity contribution is 5.92. The summed E-state index contributed by atoms with van der Waals surface area (Å²) in [6.07, 6.45) is 1.13. The number of aromatic nitrogens is 5. The van der Waals surface area contributed by atoms with Gasteiger partial charge in [-0.05, 0) is 67.0 Å². The lowest BCUT2D eigenvalue weighted by Gasteiger charge is -2.39. The van der Waals surface area contributed by atoms with Crippen LogP contribution < -0.4 is 4.74 Å². The van der Waals surface area contributed by atoms with E-state index in [2.05, 4.69) is 25.3 Å². The number of rotatable bonds is 9. The van der Waals surface area contributed by atoms with Crippen LogP contribution in [0.1, 0.15) is 48.5 Å². The van der Waals surface area contributed by atoms with Crippen LogP contribution in [-0.2, 0) is 24.1 Å². The largest absolute Gasteiger partial charge is 0.492 e. The number of carbonyl (C=O) groups excluding carboxylic acids is 1. The molecule has 4 rings (SSSR count). The van der Waals surface area contributed by atoms with Crippen LogP contribution in [0, 0.1) is 6.92 Å². The Kier molecular flexibility index (Phi) is 8.95. The fourth-order valence-electron chi connectivity index (χ4n) is 4.42. The van der Waals surface area contributed by atoms with E-state index in [1.54, 1.807) is 24.1 Å². The van der Waals surface area contributed by atoms with Crippen molar-refractivity contribution in [2.45, 2.75) is 52.5 Å². The summed E-state index contributed by atoms with van der Waals surface area (Å²) < 4.78 is 45.6. The molecule has 12 heteroatoms. The Morgan fingerprint density at radius 1 is 1.18 bits per heavy atom. The third-order valence-corrected chi connectivity index (χ3v) is 6.39. The standard InChI is InChI=1S/C27H32F3N7O2/c1-4-13-39-25-9-8-24(31-15-25)18-35-11-12-36(19(2)16-35)26(38)10-6-21-5-7-23(27(28,29)30)14-22(21)17-37-33-20(3)32-34-37/h5-10,14-15,19H,4,11-13,16-18H2,1-3H3/b10-6+. The first-order chi connectivity index (χ1) is 18.6. The summed E-state index contributed by atoms with van der Waals surface area (Å²) in [6, 6.07) is 7.25. The van der Waals surface area contributed by atoms with Gasteiger partial charge in [-0.1, -0.05) is 13.0 Å². The number of halogens is 3. The summed E-state index contributed by atoms with van der Waals surface area (Å²) in [4.78, 5) is 22.8. The smallest absolute Gasteiger partial charge is 0.416 e. The molecule has 0 saturated carbocycles. The van der Waals surface area contributed by atoms with Crippen molar-refractivity contribution in [3.8, 4) is 5.75 Å². The summed E-state index contributed by atoms with van der Waals surface area (Å²) in [6.45, 7) is 8.89. The van der Waals surface area contributed by atoms with Crippen LogP contribution in [0.4, 0.5) is 13.2 Å². The average molecular weight is 544 g/mol. The maximum Gasteiger partial charge on any atom is 0.416 e. The quantitative estimate of drug-likeness (QED) is 0.377. The Morgan fingerprint density at radius 2 is 2.00 bits per heavy atom. The molecule has 39 heavy (non-hydrogen) atoms. The summed E-state index contributed by atoms with van der Waals surface area (Å²) in [7, 11) is 0. The second kappa shape index (κ2) is 12.4. The second-order valence-electron chi connectivity index (χ2n) is 9.56. The van der Waals surface area contributed by atoms with Gasteiger partial charge in [0.1, 0.15) is 5.75 Å². The molecular weight excluding hydrogens is 511 g/mol. The van der Waals surface area contributed by atoms with Crippen molar-refractivity contribution in [3.05, 3.63) is 70.8 Å². The van der Waals surface area contributed by atoms with E-state index in [0.717, 1.165) is 30.0 Å². The van der Waals surface area contributed by atoms with E-state index in [9.17, 15) is 18.0 Å². The summed E-state index contributed by atoms with van der Waals surface area (Å²) in [5.74, 6) is 0.967. The van der Waals surface area contributed by atoms with Crippen molar-refractivity contribution in [2.75, 3.05) is 26.2 Å². The van der Waals surface area contributed by atoms with Crippen molar-refractivity contribution < 1.29 is 22.7 Å². The fourth-order valence-corrected chi connectivity index (χ4v) is 4.42. The highest BCUT2D eigenvalue weighted by Crippen LogP contribution is 2.31. The number of benzene rings is 1. The molecule has 1 aliphatic rings. The molecule has 1 unspecified atom stereocenters. The maximum atomic E-state index is 13.3. The first-order valence-corrected chi connectivity index (χ1v) is 12.9. The van der Waals surface area contributed by atoms with Crippen molar-refractivity contribution in [1.82, 2.24) is 35.0 Å². The number of hydrogen-bond donors (Lipinski definition) is 0. The van der Waals surface area contributed by atoms with E-state index < -0.39 is 11.7 Å². The molecule has 1 aromatic carbocycles. The van der Waals surface area contributed by atoms with Crippen molar-refractivity contribution in [2.24, 2.45) is 0 Å². The molecule has 1 amide bonds. The summed E-state index contributed by atoms with van der Waals surface area (Å²) >= 11 is 0. The normalized spacial score (nSPS) is 16.7. The van der Waals surface area contributed by atoms with Crippen LogP contribution in [0.25, 0.3) is 6.08 Å². The fraction of sp³-hybridized carbons (Fsp3) is 0.444. The van der Waals surface area contributed by atoms with Crippen molar-refractivity contribution in [1.29, 1.82) is 0 Å². The highest BCUT2D eigenvalue weighted by atomic mass is 19.4. The molecule has 0 aliphatic carbocycles. The topological polar surface area (TPSA) is 89.3 Å². The Bertz CT molecular complexity index is 1290. The zero-order valence-corrected chi connectivity index (χ0v) is 22.2. The second-order valence-corrected chi connectivity index (χ2v) is 9.56. The first kappa shape index (κ1) is 28.2. The molecule has 0 radical (unpaired) electrons. The molecular formula is C27H32F3N7O2. The number of aryl methyl sites for hydroxylation is 1. The van der Waals surface area contributed by atoms with Crippen LogP contribution in [0.3, 0.4) is 0 Å². The van der Waals surface area contributed by atoms with E-state index in [4.69, 9.17) is 4.74 Å². The molecule has 3 heterocycles. The maximum absolute atomic E-state index is 13.3. The average Bonchev–Trinajstić information content (AvgIpc) is 3.31. The number of nitrogens with zero attached hydrogens (tertiary/aromatic N) is 7. The van der Waals surface area contributed by atoms with Crippen LogP contribution in [-0.4, -0.2) is 73.2 Å². The van der Waals surface area contributed by atoms with Crippen LogP contribution in [0.2, 0.25) is 0 Å². The van der Waals surface area contributed by atoms with Gasteiger partial charge in [0.25, 0.3) is 0 Å². The molecule has 0 N–H and O–H groups in total. The lowest BCUT2D eigenvalue weighted by atomic mass is 10.0. The number of piperazine rings is 1. The van der Waals surface area contributed by atoms with Crippen LogP contribution in [0.15, 0.2) is 42.6 Å². The van der Waals surface area contributed by atoms with Gasteiger partial charge in [-0.3, -0.25) is 14.7 Å². The molecule has 2 aromatic heterocycles. The third kappa shape index (κ3) is 7.62. The van der Waals surface area contributed by atoms with Gasteiger partial charge in [0.15, 0.2) is 5.82 Å². The monoisotopic (exact) mass is 543 g/mol. The van der Waals surface area contributed by atoms with Gasteiger partial charge in [-0.2, -0.15) is 18.0 Å². The van der Waals surface area contributed by atoms with Gasteiger partial charge in [0.05, 0.1) is 30.6 Å². The summed E-state index contributed by atoms with van der Waals surface area (Å²) in [5, 5.41) is 11.7. The highest BCUT2D eigenvalue weighted by Gasteiger charge is 2.31. The molecule has 0 bridgehead atoms. The molecule has 9 nitrogen and oxygen atoms in total. The van der Waals surface area contributed by atoms with E-state index in [-0.39, 0.29) is 18.5 Å². The number of hydrogen-bond acceptors (Lipinski definition) is 7. The minimum atomic E-state index is -4.49. The molecule has 1 aliphatic heterocycles. The summed E-state index contributed by atoms with van der Waals surface area (Å²) in [5.41, 5.74) is 0.968. The number of pyridine rings is 1. The Labute approximate surface area is 225 Å². The van der Waals surface area contributed by atoms with Gasteiger partial charge >= 0.3 is 6.18 Å². The van der Waals surface area contributed by atoms with E-state index in [1.807, 2.05) is 26.0 Å². The minimum absolute atomic E-state index is 0.00650. The van der Waals surface area contributed by atoms with Crippen LogP contribution >= 0.6 is 0 Å². The predicted octanol–water partition coefficient (Wildman–Crippen LogP) is 3.98. The van der Waals surface area contributed by atoms with Crippen molar-refractivity contribution >= 4 is 12.0 Å². The first-order valence-electron chi connectivity index (χ1n) is 12.9. The van der Waals surface area contributed by atoms with Crippen molar-refractivity contribution in [3.63, 3.8) is 0 Å². The van der Waals surface area contributed by atoms with E-state index in [1.165, 1.54) is 16.9 Å². The molecule has 208 valence electrons. The number of amides is 1. The molecule has 3 aromatic rings. The number of alkyl halides is 3. The molecule has 1 fully saturated rings. The minimum Gasteiger partial charge on any atom is -0.492 e. The third-order valence-electron chi connectivity index (χ3n) is 6.39. The van der Waals surface area contributed by atoms with Gasteiger partial charge in [0, 0.05) is 38.3 Å². The lowest BCUT2D eigenvalue weighted by molar-refractivity contribution is -0.137. The Hall–Kier alpha value is -3.80.